The number of unbranched alkanes of at least 4 members (excludes halogenated alkanes) is 33. The van der Waals surface area contributed by atoms with E-state index in [9.17, 15) is 14.4 Å². The second-order valence-corrected chi connectivity index (χ2v) is 19.5. The van der Waals surface area contributed by atoms with Gasteiger partial charge in [-0.05, 0) is 31.1 Å². The summed E-state index contributed by atoms with van der Waals surface area (Å²) in [5, 5.41) is 0. The highest BCUT2D eigenvalue weighted by Crippen LogP contribution is 2.18. The Morgan fingerprint density at radius 3 is 0.817 bits per heavy atom. The summed E-state index contributed by atoms with van der Waals surface area (Å²) in [7, 11) is 0. The van der Waals surface area contributed by atoms with Gasteiger partial charge in [0.25, 0.3) is 0 Å². The smallest absolute Gasteiger partial charge is 0.306 e. The van der Waals surface area contributed by atoms with Crippen molar-refractivity contribution in [1.29, 1.82) is 0 Å². The lowest BCUT2D eigenvalue weighted by Gasteiger charge is -2.18. The Hall–Kier alpha value is -1.59. The zero-order valence-corrected chi connectivity index (χ0v) is 41.1. The Morgan fingerprint density at radius 1 is 0.317 bits per heavy atom. The predicted octanol–water partition coefficient (Wildman–Crippen LogP) is 17.3. The summed E-state index contributed by atoms with van der Waals surface area (Å²) in [5.41, 5.74) is 0. The first-order valence-corrected chi connectivity index (χ1v) is 26.7. The van der Waals surface area contributed by atoms with Gasteiger partial charge in [0.05, 0.1) is 0 Å². The van der Waals surface area contributed by atoms with E-state index in [1.54, 1.807) is 0 Å². The fourth-order valence-electron chi connectivity index (χ4n) is 8.17. The topological polar surface area (TPSA) is 78.9 Å². The van der Waals surface area contributed by atoms with E-state index >= 15 is 0 Å². The third kappa shape index (κ3) is 47.5. The molecule has 0 saturated carbocycles. The van der Waals surface area contributed by atoms with Crippen molar-refractivity contribution >= 4 is 17.9 Å². The highest BCUT2D eigenvalue weighted by atomic mass is 16.6. The molecule has 6 nitrogen and oxygen atoms in total. The molecule has 0 saturated heterocycles. The molecule has 0 aromatic heterocycles. The molecule has 0 aliphatic carbocycles. The van der Waals surface area contributed by atoms with Crippen molar-refractivity contribution in [2.45, 2.75) is 304 Å². The van der Waals surface area contributed by atoms with E-state index < -0.39 is 6.10 Å². The van der Waals surface area contributed by atoms with Gasteiger partial charge in [-0.2, -0.15) is 0 Å². The molecule has 1 atom stereocenters. The van der Waals surface area contributed by atoms with Crippen LogP contribution >= 0.6 is 0 Å². The first-order valence-electron chi connectivity index (χ1n) is 26.7. The summed E-state index contributed by atoms with van der Waals surface area (Å²) in [6, 6.07) is 0. The van der Waals surface area contributed by atoms with Gasteiger partial charge < -0.3 is 14.2 Å². The normalized spacial score (nSPS) is 12.1. The third-order valence-corrected chi connectivity index (χ3v) is 12.2. The molecule has 0 spiro atoms. The number of hydrogen-bond donors (Lipinski definition) is 0. The van der Waals surface area contributed by atoms with Gasteiger partial charge in [-0.1, -0.05) is 259 Å². The third-order valence-electron chi connectivity index (χ3n) is 12.2. The van der Waals surface area contributed by atoms with E-state index in [1.165, 1.54) is 186 Å². The van der Waals surface area contributed by atoms with Crippen molar-refractivity contribution in [2.24, 2.45) is 11.8 Å². The van der Waals surface area contributed by atoms with Crippen LogP contribution in [0.25, 0.3) is 0 Å². The maximum absolute atomic E-state index is 12.8. The molecule has 0 aliphatic rings. The van der Waals surface area contributed by atoms with Gasteiger partial charge in [-0.3, -0.25) is 14.4 Å². The minimum atomic E-state index is -0.761. The van der Waals surface area contributed by atoms with Crippen molar-refractivity contribution in [3.05, 3.63) is 0 Å². The van der Waals surface area contributed by atoms with Crippen molar-refractivity contribution in [3.8, 4) is 0 Å². The SMILES string of the molecule is CCCCCCCCCCCCC(=O)O[C@@H](COC(=O)CCCCCCCCCCCCCCCCC(C)C)COC(=O)CCCCCCCCCCCCCCC(C)C. The molecule has 0 aromatic rings. The van der Waals surface area contributed by atoms with E-state index in [1.807, 2.05) is 0 Å². The molecule has 6 heteroatoms. The lowest BCUT2D eigenvalue weighted by Crippen LogP contribution is -2.30. The van der Waals surface area contributed by atoms with Crippen LogP contribution in [0.3, 0.4) is 0 Å². The zero-order valence-electron chi connectivity index (χ0n) is 41.1. The van der Waals surface area contributed by atoms with Crippen LogP contribution in [0.1, 0.15) is 298 Å². The molecule has 0 rings (SSSR count). The monoisotopic (exact) mass is 849 g/mol. The minimum Gasteiger partial charge on any atom is -0.462 e. The van der Waals surface area contributed by atoms with Crippen LogP contribution in [0.4, 0.5) is 0 Å². The molecule has 0 radical (unpaired) electrons. The van der Waals surface area contributed by atoms with Crippen molar-refractivity contribution in [2.75, 3.05) is 13.2 Å². The molecule has 0 fully saturated rings. The Kier molecular flexibility index (Phi) is 45.7. The van der Waals surface area contributed by atoms with Gasteiger partial charge in [0.1, 0.15) is 13.2 Å². The van der Waals surface area contributed by atoms with Gasteiger partial charge in [0, 0.05) is 19.3 Å². The van der Waals surface area contributed by atoms with Crippen LogP contribution in [0, 0.1) is 11.8 Å². The maximum atomic E-state index is 12.8. The highest BCUT2D eigenvalue weighted by molar-refractivity contribution is 5.71. The van der Waals surface area contributed by atoms with Crippen LogP contribution in [0.5, 0.6) is 0 Å². The van der Waals surface area contributed by atoms with Gasteiger partial charge in [0.15, 0.2) is 6.10 Å². The molecule has 356 valence electrons. The predicted molar refractivity (Wildman–Crippen MR) is 256 cm³/mol. The standard InChI is InChI=1S/C54H104O6/c1-6-7-8-9-10-11-24-31-36-41-46-54(57)60-51(48-59-53(56)45-40-35-30-26-21-17-16-19-23-28-33-38-43-50(4)5)47-58-52(55)44-39-34-29-25-20-15-13-12-14-18-22-27-32-37-42-49(2)3/h49-51H,6-48H2,1-5H3/t51-/m0/s1. The first kappa shape index (κ1) is 58.4. The molecule has 0 heterocycles. The lowest BCUT2D eigenvalue weighted by molar-refractivity contribution is -0.167. The fraction of sp³-hybridized carbons (Fsp3) is 0.944. The lowest BCUT2D eigenvalue weighted by atomic mass is 10.0. The average molecular weight is 849 g/mol. The van der Waals surface area contributed by atoms with Crippen molar-refractivity contribution in [1.82, 2.24) is 0 Å². The summed E-state index contributed by atoms with van der Waals surface area (Å²) >= 11 is 0. The van der Waals surface area contributed by atoms with Gasteiger partial charge >= 0.3 is 17.9 Å². The van der Waals surface area contributed by atoms with Gasteiger partial charge in [-0.25, -0.2) is 0 Å². The summed E-state index contributed by atoms with van der Waals surface area (Å²) in [5.74, 6) is 0.832. The summed E-state index contributed by atoms with van der Waals surface area (Å²) in [6.45, 7) is 11.4. The van der Waals surface area contributed by atoms with Crippen LogP contribution in [0.15, 0.2) is 0 Å². The maximum Gasteiger partial charge on any atom is 0.306 e. The van der Waals surface area contributed by atoms with Crippen LogP contribution in [0.2, 0.25) is 0 Å². The second kappa shape index (κ2) is 46.9. The molecule has 0 amide bonds. The molecule has 0 N–H and O–H groups in total. The van der Waals surface area contributed by atoms with Crippen molar-refractivity contribution in [3.63, 3.8) is 0 Å². The molecule has 0 aliphatic heterocycles. The Morgan fingerprint density at radius 2 is 0.550 bits per heavy atom. The summed E-state index contributed by atoms with van der Waals surface area (Å²) < 4.78 is 16.8. The van der Waals surface area contributed by atoms with Gasteiger partial charge in [-0.15, -0.1) is 0 Å². The average Bonchev–Trinajstić information content (AvgIpc) is 3.22. The van der Waals surface area contributed by atoms with Crippen molar-refractivity contribution < 1.29 is 28.6 Å². The van der Waals surface area contributed by atoms with Crippen LogP contribution in [-0.4, -0.2) is 37.2 Å². The molecule has 0 bridgehead atoms. The largest absolute Gasteiger partial charge is 0.462 e. The zero-order chi connectivity index (χ0) is 44.0. The molecular formula is C54H104O6. The molecule has 60 heavy (non-hydrogen) atoms. The molecule has 0 unspecified atom stereocenters. The van der Waals surface area contributed by atoms with E-state index in [0.717, 1.165) is 69.6 Å². The Labute approximate surface area is 374 Å². The fourth-order valence-corrected chi connectivity index (χ4v) is 8.17. The quantitative estimate of drug-likeness (QED) is 0.0345. The Balaban J connectivity index is 4.25. The number of rotatable bonds is 48. The number of ether oxygens (including phenoxy) is 3. The Bertz CT molecular complexity index is 916. The molecule has 0 aromatic carbocycles. The second-order valence-electron chi connectivity index (χ2n) is 19.5. The van der Waals surface area contributed by atoms with E-state index in [0.29, 0.717) is 19.3 Å². The number of esters is 3. The van der Waals surface area contributed by atoms with Crippen LogP contribution in [-0.2, 0) is 28.6 Å². The molecular weight excluding hydrogens is 745 g/mol. The van der Waals surface area contributed by atoms with E-state index in [2.05, 4.69) is 34.6 Å². The summed E-state index contributed by atoms with van der Waals surface area (Å²) in [4.78, 5) is 37.9. The number of carbonyl (C=O) groups is 3. The highest BCUT2D eigenvalue weighted by Gasteiger charge is 2.19. The number of carbonyl (C=O) groups excluding carboxylic acids is 3. The van der Waals surface area contributed by atoms with Crippen LogP contribution < -0.4 is 0 Å². The minimum absolute atomic E-state index is 0.0633. The van der Waals surface area contributed by atoms with E-state index in [-0.39, 0.29) is 31.1 Å². The summed E-state index contributed by atoms with van der Waals surface area (Å²) in [6.07, 6.45) is 48.0. The first-order chi connectivity index (χ1) is 29.2. The van der Waals surface area contributed by atoms with Gasteiger partial charge in [0.2, 0.25) is 0 Å². The number of hydrogen-bond acceptors (Lipinski definition) is 6. The van der Waals surface area contributed by atoms with E-state index in [4.69, 9.17) is 14.2 Å².